The summed E-state index contributed by atoms with van der Waals surface area (Å²) in [7, 11) is 0. The minimum Gasteiger partial charge on any atom is -0.457 e. The number of amides is 2. The van der Waals surface area contributed by atoms with Crippen LogP contribution in [0.15, 0.2) is 48.5 Å². The molecule has 0 aliphatic heterocycles. The van der Waals surface area contributed by atoms with Crippen molar-refractivity contribution < 1.29 is 14.5 Å². The highest BCUT2D eigenvalue weighted by Crippen LogP contribution is 2.24. The van der Waals surface area contributed by atoms with Crippen LogP contribution in [0.2, 0.25) is 0 Å². The number of hydrogen-bond donors (Lipinski definition) is 2. The molecule has 2 aromatic rings. The Morgan fingerprint density at radius 3 is 2.14 bits per heavy atom. The third-order valence-electron chi connectivity index (χ3n) is 2.62. The molecular formula is C14H12ClN3O4. The number of nitro groups is 1. The number of nitrogens with zero attached hydrogens (tertiary/aromatic N) is 1. The first kappa shape index (κ1) is 15.6. The number of nitro benzene ring substituents is 1. The molecule has 7 nitrogen and oxygen atoms in total. The van der Waals surface area contributed by atoms with Crippen LogP contribution in [-0.4, -0.2) is 17.0 Å². The SMILES string of the molecule is O=C(NCCl)Nc1ccc(Oc2ccc([N+](=O)[O-])cc2)cc1. The second kappa shape index (κ2) is 7.28. The number of carbonyl (C=O) groups is 1. The number of nitrogens with one attached hydrogen (secondary N) is 2. The van der Waals surface area contributed by atoms with Gasteiger partial charge < -0.3 is 15.4 Å². The molecule has 0 saturated carbocycles. The molecule has 2 aromatic carbocycles. The van der Waals surface area contributed by atoms with Crippen LogP contribution in [0.4, 0.5) is 16.2 Å². The van der Waals surface area contributed by atoms with Gasteiger partial charge in [-0.2, -0.15) is 0 Å². The van der Waals surface area contributed by atoms with E-state index in [1.807, 2.05) is 0 Å². The Morgan fingerprint density at radius 1 is 1.09 bits per heavy atom. The highest BCUT2D eigenvalue weighted by atomic mass is 35.5. The van der Waals surface area contributed by atoms with Crippen LogP contribution in [-0.2, 0) is 0 Å². The van der Waals surface area contributed by atoms with E-state index >= 15 is 0 Å². The average Bonchev–Trinajstić information content (AvgIpc) is 2.50. The van der Waals surface area contributed by atoms with Crippen LogP contribution >= 0.6 is 11.6 Å². The van der Waals surface area contributed by atoms with E-state index in [-0.39, 0.29) is 11.7 Å². The molecular weight excluding hydrogens is 310 g/mol. The van der Waals surface area contributed by atoms with Gasteiger partial charge in [-0.05, 0) is 36.4 Å². The largest absolute Gasteiger partial charge is 0.457 e. The van der Waals surface area contributed by atoms with Crippen LogP contribution in [0.1, 0.15) is 0 Å². The molecule has 0 saturated heterocycles. The first-order valence-electron chi connectivity index (χ1n) is 6.21. The van der Waals surface area contributed by atoms with Gasteiger partial charge in [0.15, 0.2) is 0 Å². The number of rotatable bonds is 5. The standard InChI is InChI=1S/C14H12ClN3O4/c15-9-16-14(19)17-10-1-5-12(6-2-10)22-13-7-3-11(4-8-13)18(20)21/h1-8H,9H2,(H2,16,17,19). The Labute approximate surface area is 131 Å². The Balaban J connectivity index is 1.98. The average molecular weight is 322 g/mol. The quantitative estimate of drug-likeness (QED) is 0.380. The first-order valence-corrected chi connectivity index (χ1v) is 6.75. The van der Waals surface area contributed by atoms with Crippen LogP contribution in [0.3, 0.4) is 0 Å². The van der Waals surface area contributed by atoms with Crippen LogP contribution in [0.25, 0.3) is 0 Å². The molecule has 0 atom stereocenters. The zero-order valence-electron chi connectivity index (χ0n) is 11.3. The van der Waals surface area contributed by atoms with Crippen molar-refractivity contribution in [3.8, 4) is 11.5 Å². The molecule has 2 amide bonds. The van der Waals surface area contributed by atoms with Gasteiger partial charge in [0.1, 0.15) is 11.5 Å². The fourth-order valence-corrected chi connectivity index (χ4v) is 1.74. The molecule has 0 aliphatic carbocycles. The summed E-state index contributed by atoms with van der Waals surface area (Å²) in [5.74, 6) is 1.02. The predicted molar refractivity (Wildman–Crippen MR) is 82.5 cm³/mol. The minimum absolute atomic E-state index is 0.00259. The maximum absolute atomic E-state index is 11.3. The Bertz CT molecular complexity index is 659. The maximum Gasteiger partial charge on any atom is 0.320 e. The molecule has 114 valence electrons. The van der Waals surface area contributed by atoms with Gasteiger partial charge in [-0.1, -0.05) is 0 Å². The summed E-state index contributed by atoms with van der Waals surface area (Å²) in [6.07, 6.45) is 0. The van der Waals surface area contributed by atoms with E-state index in [4.69, 9.17) is 16.3 Å². The smallest absolute Gasteiger partial charge is 0.320 e. The van der Waals surface area contributed by atoms with Crippen molar-refractivity contribution in [2.75, 3.05) is 11.3 Å². The van der Waals surface area contributed by atoms with Crippen molar-refractivity contribution in [1.82, 2.24) is 5.32 Å². The van der Waals surface area contributed by atoms with Crippen molar-refractivity contribution in [2.24, 2.45) is 0 Å². The highest BCUT2D eigenvalue weighted by Gasteiger charge is 2.05. The van der Waals surface area contributed by atoms with Gasteiger partial charge in [0, 0.05) is 17.8 Å². The summed E-state index contributed by atoms with van der Waals surface area (Å²) in [4.78, 5) is 21.4. The Morgan fingerprint density at radius 2 is 1.64 bits per heavy atom. The lowest BCUT2D eigenvalue weighted by molar-refractivity contribution is -0.384. The molecule has 0 bridgehead atoms. The lowest BCUT2D eigenvalue weighted by atomic mass is 10.3. The van der Waals surface area contributed by atoms with E-state index in [1.54, 1.807) is 24.3 Å². The minimum atomic E-state index is -0.476. The van der Waals surface area contributed by atoms with Gasteiger partial charge in [-0.25, -0.2) is 4.79 Å². The van der Waals surface area contributed by atoms with E-state index in [0.29, 0.717) is 17.2 Å². The normalized spacial score (nSPS) is 9.86. The molecule has 8 heteroatoms. The lowest BCUT2D eigenvalue weighted by Gasteiger charge is -2.08. The number of alkyl halides is 1. The van der Waals surface area contributed by atoms with Crippen molar-refractivity contribution in [3.63, 3.8) is 0 Å². The first-order chi connectivity index (χ1) is 10.6. The van der Waals surface area contributed by atoms with Gasteiger partial charge in [0.2, 0.25) is 0 Å². The molecule has 0 radical (unpaired) electrons. The summed E-state index contributed by atoms with van der Waals surface area (Å²) >= 11 is 5.37. The van der Waals surface area contributed by atoms with Gasteiger partial charge in [-0.3, -0.25) is 10.1 Å². The van der Waals surface area contributed by atoms with Gasteiger partial charge in [0.25, 0.3) is 5.69 Å². The maximum atomic E-state index is 11.3. The molecule has 2 N–H and O–H groups in total. The highest BCUT2D eigenvalue weighted by molar-refractivity contribution is 6.18. The third-order valence-corrected chi connectivity index (χ3v) is 2.76. The fourth-order valence-electron chi connectivity index (χ4n) is 1.61. The summed E-state index contributed by atoms with van der Waals surface area (Å²) in [6.45, 7) is 0. The Hall–Kier alpha value is -2.80. The van der Waals surface area contributed by atoms with Crippen molar-refractivity contribution in [1.29, 1.82) is 0 Å². The molecule has 0 fully saturated rings. The lowest BCUT2D eigenvalue weighted by Crippen LogP contribution is -2.27. The van der Waals surface area contributed by atoms with Crippen molar-refractivity contribution >= 4 is 29.0 Å². The zero-order valence-corrected chi connectivity index (χ0v) is 12.0. The molecule has 0 spiro atoms. The molecule has 0 aromatic heterocycles. The van der Waals surface area contributed by atoms with Gasteiger partial charge in [-0.15, -0.1) is 11.6 Å². The van der Waals surface area contributed by atoms with E-state index in [9.17, 15) is 14.9 Å². The molecule has 2 rings (SSSR count). The van der Waals surface area contributed by atoms with E-state index in [0.717, 1.165) is 0 Å². The molecule has 0 heterocycles. The van der Waals surface area contributed by atoms with Gasteiger partial charge >= 0.3 is 6.03 Å². The summed E-state index contributed by atoms with van der Waals surface area (Å²) in [6, 6.07) is 12.0. The number of benzene rings is 2. The molecule has 0 unspecified atom stereocenters. The number of urea groups is 1. The number of ether oxygens (including phenoxy) is 1. The van der Waals surface area contributed by atoms with Crippen molar-refractivity contribution in [3.05, 3.63) is 58.6 Å². The third kappa shape index (κ3) is 4.35. The van der Waals surface area contributed by atoms with Crippen molar-refractivity contribution in [2.45, 2.75) is 0 Å². The zero-order chi connectivity index (χ0) is 15.9. The monoisotopic (exact) mass is 321 g/mol. The second-order valence-corrected chi connectivity index (χ2v) is 4.41. The van der Waals surface area contributed by atoms with Crippen LogP contribution in [0, 0.1) is 10.1 Å². The van der Waals surface area contributed by atoms with Gasteiger partial charge in [0.05, 0.1) is 10.9 Å². The van der Waals surface area contributed by atoms with E-state index < -0.39 is 11.0 Å². The Kier molecular flexibility index (Phi) is 5.16. The fraction of sp³-hybridized carbons (Fsp3) is 0.0714. The van der Waals surface area contributed by atoms with Crippen LogP contribution in [0.5, 0.6) is 11.5 Å². The number of hydrogen-bond acceptors (Lipinski definition) is 4. The van der Waals surface area contributed by atoms with E-state index in [1.165, 1.54) is 24.3 Å². The second-order valence-electron chi connectivity index (χ2n) is 4.14. The number of non-ortho nitro benzene ring substituents is 1. The number of carbonyl (C=O) groups excluding carboxylic acids is 1. The summed E-state index contributed by atoms with van der Waals surface area (Å²) in [5.41, 5.74) is 0.580. The number of anilines is 1. The number of halogens is 1. The molecule has 0 aliphatic rings. The summed E-state index contributed by atoms with van der Waals surface area (Å²) in [5, 5.41) is 15.5. The topological polar surface area (TPSA) is 93.5 Å². The predicted octanol–water partition coefficient (Wildman–Crippen LogP) is 3.70. The van der Waals surface area contributed by atoms with E-state index in [2.05, 4.69) is 10.6 Å². The molecule has 22 heavy (non-hydrogen) atoms. The van der Waals surface area contributed by atoms with Crippen LogP contribution < -0.4 is 15.4 Å². The summed E-state index contributed by atoms with van der Waals surface area (Å²) < 4.78 is 5.55.